The second-order valence-corrected chi connectivity index (χ2v) is 9.25. The monoisotopic (exact) mass is 505 g/mol. The molecule has 36 heavy (non-hydrogen) atoms. The molecule has 1 saturated carbocycles. The molecule has 0 aliphatic heterocycles. The van der Waals surface area contributed by atoms with E-state index in [1.807, 2.05) is 13.8 Å². The highest BCUT2D eigenvalue weighted by atomic mass is 16.6. The quantitative estimate of drug-likeness (QED) is 0.312. The third-order valence-electron chi connectivity index (χ3n) is 5.84. The van der Waals surface area contributed by atoms with Crippen LogP contribution in [0.5, 0.6) is 11.5 Å². The Bertz CT molecular complexity index is 894. The molecule has 1 aliphatic rings. The Kier molecular flexibility index (Phi) is 12.4. The van der Waals surface area contributed by atoms with Crippen LogP contribution in [0.3, 0.4) is 0 Å². The molecule has 9 nitrogen and oxygen atoms in total. The Hall–Kier alpha value is -2.94. The van der Waals surface area contributed by atoms with Crippen molar-refractivity contribution in [1.82, 2.24) is 0 Å². The van der Waals surface area contributed by atoms with E-state index in [0.29, 0.717) is 18.4 Å². The molecule has 2 rings (SSSR count). The second-order valence-electron chi connectivity index (χ2n) is 9.25. The summed E-state index contributed by atoms with van der Waals surface area (Å²) < 4.78 is 21.4. The van der Waals surface area contributed by atoms with Crippen molar-refractivity contribution >= 4 is 23.9 Å². The molecule has 0 radical (unpaired) electrons. The van der Waals surface area contributed by atoms with Gasteiger partial charge in [0, 0.05) is 12.8 Å². The maximum Gasteiger partial charge on any atom is 0.323 e. The molecule has 0 heterocycles. The molecule has 1 aromatic rings. The van der Waals surface area contributed by atoms with Crippen molar-refractivity contribution in [2.24, 2.45) is 11.7 Å². The lowest BCUT2D eigenvalue weighted by Crippen LogP contribution is -2.36. The Morgan fingerprint density at radius 1 is 0.944 bits per heavy atom. The Morgan fingerprint density at radius 3 is 2.17 bits per heavy atom. The summed E-state index contributed by atoms with van der Waals surface area (Å²) >= 11 is 0. The lowest BCUT2D eigenvalue weighted by molar-refractivity contribution is -0.162. The highest BCUT2D eigenvalue weighted by molar-refractivity contribution is 5.77. The number of nitrogens with two attached hydrogens (primary N) is 1. The van der Waals surface area contributed by atoms with Gasteiger partial charge in [-0.3, -0.25) is 19.2 Å². The first-order valence-electron chi connectivity index (χ1n) is 12.9. The zero-order valence-electron chi connectivity index (χ0n) is 21.6. The summed E-state index contributed by atoms with van der Waals surface area (Å²) in [4.78, 5) is 48.7. The Balaban J connectivity index is 1.93. The van der Waals surface area contributed by atoms with Gasteiger partial charge >= 0.3 is 23.9 Å². The number of esters is 4. The number of hydrogen-bond acceptors (Lipinski definition) is 9. The standard InChI is InChI=1S/C27H39NO8/c1-4-9-24(29)35-22-14-13-19(16-23(22)36-25(30)10-5-2)15-21(28)27(32)33-17-18(3)34-26(31)20-11-7-6-8-12-20/h13-14,16,18,20-21H,4-12,15,17,28H2,1-3H3/t18-,21-/m0/s1. The van der Waals surface area contributed by atoms with Crippen molar-refractivity contribution in [2.45, 2.75) is 97.1 Å². The normalized spacial score (nSPS) is 15.4. The van der Waals surface area contributed by atoms with Crippen molar-refractivity contribution in [2.75, 3.05) is 6.61 Å². The fourth-order valence-corrected chi connectivity index (χ4v) is 3.91. The van der Waals surface area contributed by atoms with E-state index in [-0.39, 0.29) is 49.3 Å². The molecule has 0 bridgehead atoms. The maximum absolute atomic E-state index is 12.4. The zero-order valence-corrected chi connectivity index (χ0v) is 21.6. The van der Waals surface area contributed by atoms with Gasteiger partial charge in [-0.05, 0) is 56.7 Å². The van der Waals surface area contributed by atoms with E-state index in [1.165, 1.54) is 12.1 Å². The number of carbonyl (C=O) groups excluding carboxylic acids is 4. The minimum absolute atomic E-state index is 0.0796. The number of rotatable bonds is 13. The van der Waals surface area contributed by atoms with Crippen LogP contribution in [0.1, 0.15) is 84.1 Å². The molecule has 1 aromatic carbocycles. The van der Waals surface area contributed by atoms with Crippen LogP contribution in [-0.2, 0) is 35.1 Å². The van der Waals surface area contributed by atoms with Gasteiger partial charge in [-0.15, -0.1) is 0 Å². The summed E-state index contributed by atoms with van der Waals surface area (Å²) in [6, 6.07) is 3.71. The van der Waals surface area contributed by atoms with Gasteiger partial charge in [0.15, 0.2) is 11.5 Å². The van der Waals surface area contributed by atoms with Crippen LogP contribution in [0.25, 0.3) is 0 Å². The third-order valence-corrected chi connectivity index (χ3v) is 5.84. The fourth-order valence-electron chi connectivity index (χ4n) is 3.91. The molecule has 0 saturated heterocycles. The first-order chi connectivity index (χ1) is 17.2. The summed E-state index contributed by atoms with van der Waals surface area (Å²) in [5, 5.41) is 0. The molecular formula is C27H39NO8. The van der Waals surface area contributed by atoms with Gasteiger partial charge in [0.2, 0.25) is 0 Å². The van der Waals surface area contributed by atoms with Gasteiger partial charge in [0.05, 0.1) is 5.92 Å². The molecule has 0 spiro atoms. The molecule has 2 atom stereocenters. The minimum atomic E-state index is -0.987. The molecule has 0 amide bonds. The zero-order chi connectivity index (χ0) is 26.5. The van der Waals surface area contributed by atoms with Gasteiger partial charge in [-0.1, -0.05) is 39.2 Å². The predicted molar refractivity (Wildman–Crippen MR) is 132 cm³/mol. The lowest BCUT2D eigenvalue weighted by atomic mass is 9.89. The SMILES string of the molecule is CCCC(=O)Oc1ccc(C[C@H](N)C(=O)OC[C@H](C)OC(=O)C2CCCCC2)cc1OC(=O)CCC. The van der Waals surface area contributed by atoms with Crippen LogP contribution in [-0.4, -0.2) is 42.6 Å². The smallest absolute Gasteiger partial charge is 0.323 e. The first-order valence-corrected chi connectivity index (χ1v) is 12.9. The highest BCUT2D eigenvalue weighted by Gasteiger charge is 2.25. The van der Waals surface area contributed by atoms with E-state index in [1.54, 1.807) is 13.0 Å². The third kappa shape index (κ3) is 9.97. The molecule has 1 fully saturated rings. The van der Waals surface area contributed by atoms with Gasteiger partial charge in [0.1, 0.15) is 18.8 Å². The number of carbonyl (C=O) groups is 4. The van der Waals surface area contributed by atoms with Crippen LogP contribution in [0, 0.1) is 5.92 Å². The van der Waals surface area contributed by atoms with E-state index < -0.39 is 30.1 Å². The Labute approximate surface area is 213 Å². The van der Waals surface area contributed by atoms with Crippen LogP contribution >= 0.6 is 0 Å². The largest absolute Gasteiger partial charge is 0.461 e. The molecule has 1 aliphatic carbocycles. The molecule has 2 N–H and O–H groups in total. The van der Waals surface area contributed by atoms with E-state index >= 15 is 0 Å². The van der Waals surface area contributed by atoms with Crippen LogP contribution in [0.4, 0.5) is 0 Å². The molecule has 0 unspecified atom stereocenters. The van der Waals surface area contributed by atoms with Crippen LogP contribution < -0.4 is 15.2 Å². The molecule has 200 valence electrons. The number of hydrogen-bond donors (Lipinski definition) is 1. The van der Waals surface area contributed by atoms with E-state index in [9.17, 15) is 19.2 Å². The van der Waals surface area contributed by atoms with Crippen molar-refractivity contribution < 1.29 is 38.1 Å². The average Bonchev–Trinajstić information content (AvgIpc) is 2.84. The van der Waals surface area contributed by atoms with E-state index in [4.69, 9.17) is 24.7 Å². The average molecular weight is 506 g/mol. The number of benzene rings is 1. The van der Waals surface area contributed by atoms with Gasteiger partial charge in [-0.2, -0.15) is 0 Å². The highest BCUT2D eigenvalue weighted by Crippen LogP contribution is 2.30. The minimum Gasteiger partial charge on any atom is -0.461 e. The Morgan fingerprint density at radius 2 is 1.56 bits per heavy atom. The second kappa shape index (κ2) is 15.2. The first kappa shape index (κ1) is 29.3. The summed E-state index contributed by atoms with van der Waals surface area (Å²) in [5.74, 6) is -1.62. The van der Waals surface area contributed by atoms with Crippen molar-refractivity contribution in [3.05, 3.63) is 23.8 Å². The van der Waals surface area contributed by atoms with Gasteiger partial charge in [0.25, 0.3) is 0 Å². The van der Waals surface area contributed by atoms with Crippen LogP contribution in [0.2, 0.25) is 0 Å². The summed E-state index contributed by atoms with van der Waals surface area (Å²) in [6.07, 6.45) is 6.08. The van der Waals surface area contributed by atoms with Crippen molar-refractivity contribution in [3.63, 3.8) is 0 Å². The predicted octanol–water partition coefficient (Wildman–Crippen LogP) is 4.02. The maximum atomic E-state index is 12.4. The number of ether oxygens (including phenoxy) is 4. The lowest BCUT2D eigenvalue weighted by Gasteiger charge is -2.22. The summed E-state index contributed by atoms with van der Waals surface area (Å²) in [5.41, 5.74) is 6.64. The van der Waals surface area contributed by atoms with Gasteiger partial charge in [-0.25, -0.2) is 0 Å². The van der Waals surface area contributed by atoms with E-state index in [0.717, 1.165) is 32.1 Å². The summed E-state index contributed by atoms with van der Waals surface area (Å²) in [7, 11) is 0. The molecular weight excluding hydrogens is 466 g/mol. The van der Waals surface area contributed by atoms with E-state index in [2.05, 4.69) is 0 Å². The molecule has 9 heteroatoms. The van der Waals surface area contributed by atoms with Crippen LogP contribution in [0.15, 0.2) is 18.2 Å². The summed E-state index contributed by atoms with van der Waals surface area (Å²) in [6.45, 7) is 5.29. The fraction of sp³-hybridized carbons (Fsp3) is 0.630. The van der Waals surface area contributed by atoms with Gasteiger partial charge < -0.3 is 24.7 Å². The molecule has 0 aromatic heterocycles. The topological polar surface area (TPSA) is 131 Å². The van der Waals surface area contributed by atoms with Crippen molar-refractivity contribution in [3.8, 4) is 11.5 Å². The van der Waals surface area contributed by atoms with Crippen molar-refractivity contribution in [1.29, 1.82) is 0 Å².